The summed E-state index contributed by atoms with van der Waals surface area (Å²) in [6.45, 7) is 7.85. The fourth-order valence-corrected chi connectivity index (χ4v) is 3.55. The fraction of sp³-hybridized carbons (Fsp3) is 0.647. The lowest BCUT2D eigenvalue weighted by Crippen LogP contribution is -2.59. The van der Waals surface area contributed by atoms with Gasteiger partial charge in [0, 0.05) is 46.3 Å². The molecule has 116 valence electrons. The normalized spacial score (nSPS) is 34.2. The number of rotatable bonds is 4. The highest BCUT2D eigenvalue weighted by molar-refractivity contribution is 5.25. The Labute approximate surface area is 127 Å². The third kappa shape index (κ3) is 3.14. The van der Waals surface area contributed by atoms with Crippen LogP contribution in [0.3, 0.4) is 0 Å². The molecular formula is C17H26N2O2. The van der Waals surface area contributed by atoms with Crippen molar-refractivity contribution in [1.29, 1.82) is 0 Å². The zero-order chi connectivity index (χ0) is 14.8. The maximum Gasteiger partial charge on any atom is 0.106 e. The van der Waals surface area contributed by atoms with Gasteiger partial charge in [-0.05, 0) is 12.5 Å². The number of methoxy groups -OCH3 is 1. The van der Waals surface area contributed by atoms with Crippen LogP contribution in [-0.4, -0.2) is 57.0 Å². The van der Waals surface area contributed by atoms with E-state index < -0.39 is 0 Å². The number of piperazine rings is 1. The minimum absolute atomic E-state index is 0.00784. The average Bonchev–Trinajstić information content (AvgIpc) is 2.97. The standard InChI is InChI=1S/C17H26N2O2/c1-16(15-6-4-3-5-7-15)12-19(10-9-18-16)13-17(20-2)8-11-21-14-17/h3-7,18H,8-14H2,1-2H3. The lowest BCUT2D eigenvalue weighted by Gasteiger charge is -2.44. The second kappa shape index (κ2) is 6.05. The highest BCUT2D eigenvalue weighted by Gasteiger charge is 2.40. The van der Waals surface area contributed by atoms with Crippen molar-refractivity contribution in [1.82, 2.24) is 10.2 Å². The van der Waals surface area contributed by atoms with Gasteiger partial charge in [0.15, 0.2) is 0 Å². The topological polar surface area (TPSA) is 33.7 Å². The molecule has 2 heterocycles. The average molecular weight is 290 g/mol. The quantitative estimate of drug-likeness (QED) is 0.913. The monoisotopic (exact) mass is 290 g/mol. The Bertz CT molecular complexity index is 459. The summed E-state index contributed by atoms with van der Waals surface area (Å²) < 4.78 is 11.4. The maximum atomic E-state index is 5.79. The molecular weight excluding hydrogens is 264 g/mol. The summed E-state index contributed by atoms with van der Waals surface area (Å²) in [5.74, 6) is 0. The first kappa shape index (κ1) is 15.0. The molecule has 3 rings (SSSR count). The third-order valence-electron chi connectivity index (χ3n) is 4.91. The number of ether oxygens (including phenoxy) is 2. The van der Waals surface area contributed by atoms with Crippen molar-refractivity contribution in [3.05, 3.63) is 35.9 Å². The van der Waals surface area contributed by atoms with Crippen molar-refractivity contribution in [3.63, 3.8) is 0 Å². The zero-order valence-corrected chi connectivity index (χ0v) is 13.1. The second-order valence-corrected chi connectivity index (χ2v) is 6.53. The van der Waals surface area contributed by atoms with Crippen LogP contribution >= 0.6 is 0 Å². The number of nitrogens with zero attached hydrogens (tertiary/aromatic N) is 1. The van der Waals surface area contributed by atoms with Crippen molar-refractivity contribution in [2.24, 2.45) is 0 Å². The van der Waals surface area contributed by atoms with E-state index in [0.29, 0.717) is 0 Å². The second-order valence-electron chi connectivity index (χ2n) is 6.53. The van der Waals surface area contributed by atoms with Gasteiger partial charge in [-0.25, -0.2) is 0 Å². The SMILES string of the molecule is COC1(CN2CCNC(C)(c3ccccc3)C2)CCOC1. The number of nitrogens with one attached hydrogen (secondary N) is 1. The molecule has 1 aromatic carbocycles. The molecule has 0 aromatic heterocycles. The van der Waals surface area contributed by atoms with E-state index in [1.165, 1.54) is 5.56 Å². The van der Waals surface area contributed by atoms with Crippen molar-refractivity contribution in [2.75, 3.05) is 46.5 Å². The molecule has 0 radical (unpaired) electrons. The Balaban J connectivity index is 1.71. The molecule has 4 heteroatoms. The summed E-state index contributed by atoms with van der Waals surface area (Å²) in [7, 11) is 1.81. The van der Waals surface area contributed by atoms with E-state index in [9.17, 15) is 0 Å². The molecule has 1 N–H and O–H groups in total. The van der Waals surface area contributed by atoms with Crippen molar-refractivity contribution in [2.45, 2.75) is 24.5 Å². The molecule has 4 nitrogen and oxygen atoms in total. The zero-order valence-electron chi connectivity index (χ0n) is 13.1. The molecule has 0 aliphatic carbocycles. The van der Waals surface area contributed by atoms with Crippen molar-refractivity contribution in [3.8, 4) is 0 Å². The van der Waals surface area contributed by atoms with Gasteiger partial charge in [-0.2, -0.15) is 0 Å². The van der Waals surface area contributed by atoms with Crippen LogP contribution in [0.4, 0.5) is 0 Å². The van der Waals surface area contributed by atoms with E-state index in [1.54, 1.807) is 0 Å². The molecule has 2 atom stereocenters. The predicted octanol–water partition coefficient (Wildman–Crippen LogP) is 1.61. The van der Waals surface area contributed by atoms with Crippen LogP contribution in [0.5, 0.6) is 0 Å². The minimum atomic E-state index is -0.116. The summed E-state index contributed by atoms with van der Waals surface area (Å²) in [5.41, 5.74) is 1.24. The summed E-state index contributed by atoms with van der Waals surface area (Å²) in [5, 5.41) is 3.68. The lowest BCUT2D eigenvalue weighted by atomic mass is 9.89. The van der Waals surface area contributed by atoms with Crippen molar-refractivity contribution >= 4 is 0 Å². The molecule has 21 heavy (non-hydrogen) atoms. The minimum Gasteiger partial charge on any atom is -0.378 e. The molecule has 0 saturated carbocycles. The van der Waals surface area contributed by atoms with Crippen LogP contribution in [-0.2, 0) is 15.0 Å². The summed E-state index contributed by atoms with van der Waals surface area (Å²) in [4.78, 5) is 2.52. The number of hydrogen-bond donors (Lipinski definition) is 1. The Morgan fingerprint density at radius 3 is 2.81 bits per heavy atom. The third-order valence-corrected chi connectivity index (χ3v) is 4.91. The fourth-order valence-electron chi connectivity index (χ4n) is 3.55. The van der Waals surface area contributed by atoms with Crippen LogP contribution in [0, 0.1) is 0 Å². The number of hydrogen-bond acceptors (Lipinski definition) is 4. The maximum absolute atomic E-state index is 5.79. The van der Waals surface area contributed by atoms with Crippen LogP contribution < -0.4 is 5.32 Å². The molecule has 2 unspecified atom stereocenters. The summed E-state index contributed by atoms with van der Waals surface area (Å²) in [6, 6.07) is 10.7. The molecule has 1 aromatic rings. The molecule has 0 amide bonds. The predicted molar refractivity (Wildman–Crippen MR) is 83.4 cm³/mol. The van der Waals surface area contributed by atoms with Gasteiger partial charge in [0.1, 0.15) is 5.60 Å². The van der Waals surface area contributed by atoms with E-state index in [0.717, 1.165) is 45.8 Å². The molecule has 2 aliphatic heterocycles. The van der Waals surface area contributed by atoms with Gasteiger partial charge < -0.3 is 14.8 Å². The van der Waals surface area contributed by atoms with E-state index in [-0.39, 0.29) is 11.1 Å². The van der Waals surface area contributed by atoms with Crippen LogP contribution in [0.25, 0.3) is 0 Å². The van der Waals surface area contributed by atoms with Crippen LogP contribution in [0.1, 0.15) is 18.9 Å². The molecule has 0 bridgehead atoms. The molecule has 2 aliphatic rings. The first-order valence-electron chi connectivity index (χ1n) is 7.82. The van der Waals surface area contributed by atoms with Gasteiger partial charge in [-0.1, -0.05) is 30.3 Å². The van der Waals surface area contributed by atoms with Gasteiger partial charge in [0.25, 0.3) is 0 Å². The van der Waals surface area contributed by atoms with Crippen LogP contribution in [0.15, 0.2) is 30.3 Å². The summed E-state index contributed by atoms with van der Waals surface area (Å²) in [6.07, 6.45) is 0.996. The highest BCUT2D eigenvalue weighted by atomic mass is 16.5. The molecule has 0 spiro atoms. The Kier molecular flexibility index (Phi) is 4.31. The van der Waals surface area contributed by atoms with Gasteiger partial charge in [0.2, 0.25) is 0 Å². The van der Waals surface area contributed by atoms with E-state index in [2.05, 4.69) is 47.5 Å². The first-order chi connectivity index (χ1) is 10.2. The Morgan fingerprint density at radius 1 is 1.33 bits per heavy atom. The largest absolute Gasteiger partial charge is 0.378 e. The van der Waals surface area contributed by atoms with Gasteiger partial charge in [-0.15, -0.1) is 0 Å². The van der Waals surface area contributed by atoms with Gasteiger partial charge >= 0.3 is 0 Å². The van der Waals surface area contributed by atoms with Gasteiger partial charge in [-0.3, -0.25) is 4.90 Å². The van der Waals surface area contributed by atoms with E-state index in [4.69, 9.17) is 9.47 Å². The Hall–Kier alpha value is -0.940. The van der Waals surface area contributed by atoms with E-state index in [1.807, 2.05) is 7.11 Å². The molecule has 2 fully saturated rings. The lowest BCUT2D eigenvalue weighted by molar-refractivity contribution is -0.0493. The Morgan fingerprint density at radius 2 is 2.14 bits per heavy atom. The number of benzene rings is 1. The first-order valence-corrected chi connectivity index (χ1v) is 7.82. The van der Waals surface area contributed by atoms with E-state index >= 15 is 0 Å². The van der Waals surface area contributed by atoms with Gasteiger partial charge in [0.05, 0.1) is 12.1 Å². The smallest absolute Gasteiger partial charge is 0.106 e. The highest BCUT2D eigenvalue weighted by Crippen LogP contribution is 2.28. The van der Waals surface area contributed by atoms with Crippen molar-refractivity contribution < 1.29 is 9.47 Å². The molecule has 2 saturated heterocycles. The van der Waals surface area contributed by atoms with Crippen LogP contribution in [0.2, 0.25) is 0 Å². The summed E-state index contributed by atoms with van der Waals surface area (Å²) >= 11 is 0.